The van der Waals surface area contributed by atoms with Crippen LogP contribution in [0.1, 0.15) is 19.4 Å². The summed E-state index contributed by atoms with van der Waals surface area (Å²) in [6.45, 7) is 3.42. The van der Waals surface area contributed by atoms with Gasteiger partial charge in [-0.1, -0.05) is 12.1 Å². The molecule has 11 heteroatoms. The van der Waals surface area contributed by atoms with Gasteiger partial charge in [-0.3, -0.25) is 4.84 Å². The zero-order chi connectivity index (χ0) is 18.1. The van der Waals surface area contributed by atoms with Crippen LogP contribution in [0.15, 0.2) is 39.1 Å². The van der Waals surface area contributed by atoms with Crippen molar-refractivity contribution in [2.45, 2.75) is 36.5 Å². The fourth-order valence-corrected chi connectivity index (χ4v) is 2.65. The molecular formula is C13H16F3N5O2S. The lowest BCUT2D eigenvalue weighted by atomic mass is 10.2. The maximum Gasteiger partial charge on any atom is 0.475 e. The average Bonchev–Trinajstić information content (AvgIpc) is 2.44. The minimum atomic E-state index is -4.79. The predicted octanol–water partition coefficient (Wildman–Crippen LogP) is 1.43. The van der Waals surface area contributed by atoms with Crippen molar-refractivity contribution in [1.82, 2.24) is 5.06 Å². The highest BCUT2D eigenvalue weighted by atomic mass is 32.2. The summed E-state index contributed by atoms with van der Waals surface area (Å²) in [4.78, 5) is 13.1. The highest BCUT2D eigenvalue weighted by Gasteiger charge is 2.38. The van der Waals surface area contributed by atoms with Crippen molar-refractivity contribution in [3.63, 3.8) is 0 Å². The third kappa shape index (κ3) is 4.03. The lowest BCUT2D eigenvalue weighted by molar-refractivity contribution is -0.166. The molecule has 7 nitrogen and oxygen atoms in total. The topological polar surface area (TPSA) is 106 Å². The first-order chi connectivity index (χ1) is 11.0. The molecule has 0 aliphatic carbocycles. The van der Waals surface area contributed by atoms with Crippen molar-refractivity contribution in [3.8, 4) is 0 Å². The SMILES string of the molecule is CC1(C)N=C(N)N=C(N)N1OCc1ccc(S(=O)C(F)(F)F)cc1. The van der Waals surface area contributed by atoms with Gasteiger partial charge in [-0.15, -0.1) is 0 Å². The number of nitrogens with two attached hydrogens (primary N) is 2. The van der Waals surface area contributed by atoms with Crippen molar-refractivity contribution in [2.24, 2.45) is 21.5 Å². The second-order valence-corrected chi connectivity index (χ2v) is 6.83. The maximum absolute atomic E-state index is 12.4. The Hall–Kier alpha value is -2.14. The van der Waals surface area contributed by atoms with Crippen molar-refractivity contribution in [2.75, 3.05) is 0 Å². The largest absolute Gasteiger partial charge is 0.475 e. The number of benzene rings is 1. The summed E-state index contributed by atoms with van der Waals surface area (Å²) in [5.74, 6) is 0.0404. The number of hydrogen-bond donors (Lipinski definition) is 2. The molecule has 2 rings (SSSR count). The van der Waals surface area contributed by atoms with Crippen molar-refractivity contribution < 1.29 is 22.2 Å². The number of guanidine groups is 2. The molecule has 0 aromatic heterocycles. The van der Waals surface area contributed by atoms with Gasteiger partial charge in [-0.2, -0.15) is 23.2 Å². The smallest absolute Gasteiger partial charge is 0.368 e. The van der Waals surface area contributed by atoms with Crippen LogP contribution in [-0.4, -0.2) is 32.4 Å². The summed E-state index contributed by atoms with van der Waals surface area (Å²) in [5.41, 5.74) is 6.16. The van der Waals surface area contributed by atoms with Gasteiger partial charge in [-0.05, 0) is 31.5 Å². The van der Waals surface area contributed by atoms with E-state index in [1.807, 2.05) is 0 Å². The molecule has 0 radical (unpaired) electrons. The molecule has 0 saturated heterocycles. The first kappa shape index (κ1) is 18.2. The van der Waals surface area contributed by atoms with E-state index in [1.54, 1.807) is 13.8 Å². The number of alkyl halides is 3. The van der Waals surface area contributed by atoms with Crippen molar-refractivity contribution in [1.29, 1.82) is 0 Å². The fourth-order valence-electron chi connectivity index (χ4n) is 2.00. The van der Waals surface area contributed by atoms with Crippen LogP contribution in [0.5, 0.6) is 0 Å². The second kappa shape index (κ2) is 6.40. The van der Waals surface area contributed by atoms with E-state index in [2.05, 4.69) is 9.98 Å². The van der Waals surface area contributed by atoms with Gasteiger partial charge in [0.25, 0.3) is 0 Å². The van der Waals surface area contributed by atoms with Crippen LogP contribution in [0.4, 0.5) is 13.2 Å². The molecule has 1 aliphatic rings. The van der Waals surface area contributed by atoms with Gasteiger partial charge in [0.15, 0.2) is 16.5 Å². The summed E-state index contributed by atoms with van der Waals surface area (Å²) in [5, 5.41) is 1.26. The quantitative estimate of drug-likeness (QED) is 0.842. The first-order valence-corrected chi connectivity index (χ1v) is 7.86. The Labute approximate surface area is 138 Å². The molecule has 0 bridgehead atoms. The van der Waals surface area contributed by atoms with Crippen LogP contribution < -0.4 is 11.5 Å². The molecule has 1 aromatic rings. The number of aliphatic imine (C=N–C) groups is 2. The molecular weight excluding hydrogens is 347 g/mol. The summed E-state index contributed by atoms with van der Waals surface area (Å²) in [6.07, 6.45) is 0. The summed E-state index contributed by atoms with van der Waals surface area (Å²) in [6, 6.07) is 5.05. The minimum Gasteiger partial charge on any atom is -0.368 e. The number of hydroxylamine groups is 2. The summed E-state index contributed by atoms with van der Waals surface area (Å²) in [7, 11) is -3.06. The van der Waals surface area contributed by atoms with Crippen molar-refractivity contribution in [3.05, 3.63) is 29.8 Å². The molecule has 1 unspecified atom stereocenters. The minimum absolute atomic E-state index is 0.00794. The molecule has 132 valence electrons. The van der Waals surface area contributed by atoms with E-state index in [9.17, 15) is 17.4 Å². The van der Waals surface area contributed by atoms with E-state index in [0.717, 1.165) is 12.1 Å². The standard InChI is InChI=1S/C13H16F3N5O2S/c1-12(2)20-10(17)19-11(18)21(12)23-7-8-3-5-9(6-4-8)24(22)13(14,15)16/h3-6H,7H2,1-2H3,(H4,17,18,19,20). The van der Waals surface area contributed by atoms with Gasteiger partial charge >= 0.3 is 5.51 Å². The molecule has 0 amide bonds. The van der Waals surface area contributed by atoms with Gasteiger partial charge in [0.2, 0.25) is 11.9 Å². The molecule has 4 N–H and O–H groups in total. The average molecular weight is 363 g/mol. The molecule has 0 spiro atoms. The lowest BCUT2D eigenvalue weighted by Crippen LogP contribution is -2.53. The third-order valence-corrected chi connectivity index (χ3v) is 4.15. The number of nitrogens with zero attached hydrogens (tertiary/aromatic N) is 3. The normalized spacial score (nSPS) is 18.8. The predicted molar refractivity (Wildman–Crippen MR) is 82.9 cm³/mol. The Morgan fingerprint density at radius 3 is 2.33 bits per heavy atom. The van der Waals surface area contributed by atoms with Crippen LogP contribution in [0.3, 0.4) is 0 Å². The zero-order valence-corrected chi connectivity index (χ0v) is 13.7. The number of hydrogen-bond acceptors (Lipinski definition) is 7. The van der Waals surface area contributed by atoms with E-state index in [-0.39, 0.29) is 23.4 Å². The maximum atomic E-state index is 12.4. The van der Waals surface area contributed by atoms with E-state index in [1.165, 1.54) is 17.2 Å². The molecule has 0 fully saturated rings. The molecule has 24 heavy (non-hydrogen) atoms. The van der Waals surface area contributed by atoms with Crippen LogP contribution in [-0.2, 0) is 22.2 Å². The van der Waals surface area contributed by atoms with Crippen LogP contribution in [0, 0.1) is 0 Å². The summed E-state index contributed by atoms with van der Waals surface area (Å²) < 4.78 is 48.4. The van der Waals surface area contributed by atoms with Gasteiger partial charge < -0.3 is 11.5 Å². The Balaban J connectivity index is 2.06. The second-order valence-electron chi connectivity index (χ2n) is 5.36. The van der Waals surface area contributed by atoms with E-state index in [4.69, 9.17) is 16.3 Å². The number of rotatable bonds is 4. The third-order valence-electron chi connectivity index (χ3n) is 3.03. The Bertz CT molecular complexity index is 701. The molecule has 0 saturated carbocycles. The summed E-state index contributed by atoms with van der Waals surface area (Å²) >= 11 is 0. The highest BCUT2D eigenvalue weighted by molar-refractivity contribution is 7.86. The molecule has 1 aromatic carbocycles. The fraction of sp³-hybridized carbons (Fsp3) is 0.385. The molecule has 1 atom stereocenters. The highest BCUT2D eigenvalue weighted by Crippen LogP contribution is 2.26. The van der Waals surface area contributed by atoms with Crippen LogP contribution in [0.25, 0.3) is 0 Å². The van der Waals surface area contributed by atoms with E-state index in [0.29, 0.717) is 5.56 Å². The zero-order valence-electron chi connectivity index (χ0n) is 12.9. The molecule has 1 aliphatic heterocycles. The monoisotopic (exact) mass is 363 g/mol. The van der Waals surface area contributed by atoms with Gasteiger partial charge in [0.1, 0.15) is 6.61 Å². The van der Waals surface area contributed by atoms with Gasteiger partial charge in [0.05, 0.1) is 0 Å². The Morgan fingerprint density at radius 2 is 1.83 bits per heavy atom. The Morgan fingerprint density at radius 1 is 1.25 bits per heavy atom. The van der Waals surface area contributed by atoms with Gasteiger partial charge in [0, 0.05) is 4.90 Å². The van der Waals surface area contributed by atoms with Gasteiger partial charge in [-0.25, -0.2) is 9.20 Å². The Kier molecular flexibility index (Phi) is 4.85. The lowest BCUT2D eigenvalue weighted by Gasteiger charge is -2.36. The van der Waals surface area contributed by atoms with Crippen LogP contribution >= 0.6 is 0 Å². The first-order valence-electron chi connectivity index (χ1n) is 6.71. The van der Waals surface area contributed by atoms with Crippen molar-refractivity contribution >= 4 is 22.7 Å². The van der Waals surface area contributed by atoms with E-state index < -0.39 is 22.0 Å². The number of halogens is 3. The van der Waals surface area contributed by atoms with E-state index >= 15 is 0 Å². The molecule has 1 heterocycles. The van der Waals surface area contributed by atoms with Crippen LogP contribution in [0.2, 0.25) is 0 Å².